The van der Waals surface area contributed by atoms with Gasteiger partial charge in [0.15, 0.2) is 0 Å². The first-order valence-electron chi connectivity index (χ1n) is 4.21. The van der Waals surface area contributed by atoms with Crippen LogP contribution < -0.4 is 5.73 Å². The molecule has 0 spiro atoms. The Morgan fingerprint density at radius 2 is 2.08 bits per heavy atom. The number of hydrogen-bond donors (Lipinski definition) is 1. The summed E-state index contributed by atoms with van der Waals surface area (Å²) in [4.78, 5) is 4.16. The van der Waals surface area contributed by atoms with Gasteiger partial charge in [-0.15, -0.1) is 0 Å². The molecule has 2 heteroatoms. The fraction of sp³-hybridized carbons (Fsp3) is 0.500. The van der Waals surface area contributed by atoms with Gasteiger partial charge in [-0.05, 0) is 31.9 Å². The number of aliphatic imine (C=N–C) groups is 1. The van der Waals surface area contributed by atoms with Crippen molar-refractivity contribution in [3.63, 3.8) is 0 Å². The van der Waals surface area contributed by atoms with Crippen LogP contribution in [0.5, 0.6) is 0 Å². The van der Waals surface area contributed by atoms with E-state index in [0.717, 1.165) is 17.8 Å². The van der Waals surface area contributed by atoms with E-state index in [1.165, 1.54) is 5.57 Å². The molecule has 0 rings (SSSR count). The van der Waals surface area contributed by atoms with Gasteiger partial charge in [0.1, 0.15) is 0 Å². The summed E-state index contributed by atoms with van der Waals surface area (Å²) in [5.74, 6) is 0. The second-order valence-corrected chi connectivity index (χ2v) is 2.66. The maximum atomic E-state index is 5.57. The van der Waals surface area contributed by atoms with Crippen LogP contribution >= 0.6 is 0 Å². The first-order valence-corrected chi connectivity index (χ1v) is 4.21. The molecule has 0 aliphatic carbocycles. The first-order chi connectivity index (χ1) is 5.65. The minimum absolute atomic E-state index is 0.795. The van der Waals surface area contributed by atoms with Gasteiger partial charge in [-0.2, -0.15) is 0 Å². The lowest BCUT2D eigenvalue weighted by Gasteiger charge is -2.03. The molecule has 0 bridgehead atoms. The highest BCUT2D eigenvalue weighted by molar-refractivity contribution is 6.08. The Labute approximate surface area is 74.9 Å². The van der Waals surface area contributed by atoms with Gasteiger partial charge in [-0.3, -0.25) is 4.99 Å². The molecule has 12 heavy (non-hydrogen) atoms. The van der Waals surface area contributed by atoms with Crippen molar-refractivity contribution in [3.8, 4) is 0 Å². The van der Waals surface area contributed by atoms with E-state index in [1.54, 1.807) is 7.05 Å². The summed E-state index contributed by atoms with van der Waals surface area (Å²) >= 11 is 0. The molecular weight excluding hydrogens is 148 g/mol. The molecule has 0 saturated carbocycles. The van der Waals surface area contributed by atoms with Crippen LogP contribution in [0.25, 0.3) is 0 Å². The van der Waals surface area contributed by atoms with E-state index >= 15 is 0 Å². The molecule has 0 fully saturated rings. The average molecular weight is 166 g/mol. The molecule has 0 aliphatic rings. The highest BCUT2D eigenvalue weighted by Gasteiger charge is 1.98. The zero-order valence-corrected chi connectivity index (χ0v) is 8.39. The summed E-state index contributed by atoms with van der Waals surface area (Å²) < 4.78 is 0. The van der Waals surface area contributed by atoms with E-state index in [1.807, 2.05) is 19.9 Å². The molecule has 0 saturated heterocycles. The molecule has 2 N–H and O–H groups in total. The molecule has 0 unspecified atom stereocenters. The van der Waals surface area contributed by atoms with Crippen LogP contribution in [-0.4, -0.2) is 12.8 Å². The molecule has 0 aliphatic heterocycles. The van der Waals surface area contributed by atoms with Crippen molar-refractivity contribution in [2.45, 2.75) is 27.2 Å². The third-order valence-corrected chi connectivity index (χ3v) is 1.66. The Bertz CT molecular complexity index is 218. The van der Waals surface area contributed by atoms with Crippen LogP contribution in [0.4, 0.5) is 0 Å². The van der Waals surface area contributed by atoms with Crippen molar-refractivity contribution in [3.05, 3.63) is 23.4 Å². The molecule has 68 valence electrons. The van der Waals surface area contributed by atoms with Crippen LogP contribution in [-0.2, 0) is 0 Å². The molecule has 0 radical (unpaired) electrons. The SMILES string of the molecule is C/C=C(\CC)C(C=C(C)N)=NC. The molecule has 0 amide bonds. The Morgan fingerprint density at radius 1 is 1.50 bits per heavy atom. The summed E-state index contributed by atoms with van der Waals surface area (Å²) in [5.41, 5.74) is 8.59. The van der Waals surface area contributed by atoms with Gasteiger partial charge in [-0.25, -0.2) is 0 Å². The van der Waals surface area contributed by atoms with E-state index in [2.05, 4.69) is 18.0 Å². The summed E-state index contributed by atoms with van der Waals surface area (Å²) in [7, 11) is 1.79. The van der Waals surface area contributed by atoms with Gasteiger partial charge >= 0.3 is 0 Å². The van der Waals surface area contributed by atoms with Crippen LogP contribution in [0.1, 0.15) is 27.2 Å². The van der Waals surface area contributed by atoms with Crippen LogP contribution in [0, 0.1) is 0 Å². The number of nitrogens with two attached hydrogens (primary N) is 1. The minimum atomic E-state index is 0.795. The molecule has 0 aromatic heterocycles. The maximum absolute atomic E-state index is 5.57. The second kappa shape index (κ2) is 5.58. The van der Waals surface area contributed by atoms with Crippen LogP contribution in [0.15, 0.2) is 28.4 Å². The summed E-state index contributed by atoms with van der Waals surface area (Å²) in [6.45, 7) is 6.00. The molecule has 0 aromatic carbocycles. The lowest BCUT2D eigenvalue weighted by molar-refractivity contribution is 1.15. The third-order valence-electron chi connectivity index (χ3n) is 1.66. The standard InChI is InChI=1S/C10H18N2/c1-5-9(6-2)10(12-4)7-8(3)11/h5,7H,6,11H2,1-4H3/b8-7?,9-5+,12-10?. The smallest absolute Gasteiger partial charge is 0.0616 e. The Morgan fingerprint density at radius 3 is 2.33 bits per heavy atom. The summed E-state index contributed by atoms with van der Waals surface area (Å²) in [6.07, 6.45) is 4.97. The van der Waals surface area contributed by atoms with Crippen molar-refractivity contribution in [1.29, 1.82) is 0 Å². The largest absolute Gasteiger partial charge is 0.402 e. The maximum Gasteiger partial charge on any atom is 0.0616 e. The van der Waals surface area contributed by atoms with Crippen LogP contribution in [0.2, 0.25) is 0 Å². The predicted molar refractivity (Wildman–Crippen MR) is 55.4 cm³/mol. The van der Waals surface area contributed by atoms with Gasteiger partial charge in [0.25, 0.3) is 0 Å². The van der Waals surface area contributed by atoms with Crippen molar-refractivity contribution in [2.75, 3.05) is 7.05 Å². The molecule has 0 heterocycles. The van der Waals surface area contributed by atoms with E-state index in [9.17, 15) is 0 Å². The van der Waals surface area contributed by atoms with Crippen molar-refractivity contribution >= 4 is 5.71 Å². The van der Waals surface area contributed by atoms with Gasteiger partial charge in [0.2, 0.25) is 0 Å². The normalized spacial score (nSPS) is 15.2. The molecular formula is C10H18N2. The fourth-order valence-corrected chi connectivity index (χ4v) is 1.05. The Balaban J connectivity index is 4.70. The Hall–Kier alpha value is -1.05. The highest BCUT2D eigenvalue weighted by Crippen LogP contribution is 2.05. The van der Waals surface area contributed by atoms with E-state index in [4.69, 9.17) is 5.73 Å². The van der Waals surface area contributed by atoms with Crippen molar-refractivity contribution in [1.82, 2.24) is 0 Å². The third kappa shape index (κ3) is 3.37. The fourth-order valence-electron chi connectivity index (χ4n) is 1.05. The molecule has 0 atom stereocenters. The summed E-state index contributed by atoms with van der Waals surface area (Å²) in [6, 6.07) is 0. The average Bonchev–Trinajstić information content (AvgIpc) is 2.04. The predicted octanol–water partition coefficient (Wildman–Crippen LogP) is 2.28. The van der Waals surface area contributed by atoms with Crippen LogP contribution in [0.3, 0.4) is 0 Å². The lowest BCUT2D eigenvalue weighted by Crippen LogP contribution is -2.02. The number of allylic oxidation sites excluding steroid dienone is 4. The Kier molecular flexibility index (Phi) is 5.09. The van der Waals surface area contributed by atoms with Gasteiger partial charge < -0.3 is 5.73 Å². The second-order valence-electron chi connectivity index (χ2n) is 2.66. The summed E-state index contributed by atoms with van der Waals surface area (Å²) in [5, 5.41) is 0. The number of rotatable bonds is 3. The molecule has 2 nitrogen and oxygen atoms in total. The first kappa shape index (κ1) is 11.0. The van der Waals surface area contributed by atoms with Gasteiger partial charge in [0.05, 0.1) is 5.71 Å². The monoisotopic (exact) mass is 166 g/mol. The van der Waals surface area contributed by atoms with E-state index in [0.29, 0.717) is 0 Å². The molecule has 0 aromatic rings. The number of hydrogen-bond acceptors (Lipinski definition) is 2. The van der Waals surface area contributed by atoms with Gasteiger partial charge in [0, 0.05) is 12.7 Å². The van der Waals surface area contributed by atoms with Crippen molar-refractivity contribution in [2.24, 2.45) is 10.7 Å². The minimum Gasteiger partial charge on any atom is -0.402 e. The zero-order valence-electron chi connectivity index (χ0n) is 8.39. The van der Waals surface area contributed by atoms with E-state index in [-0.39, 0.29) is 0 Å². The number of nitrogens with zero attached hydrogens (tertiary/aromatic N) is 1. The topological polar surface area (TPSA) is 38.4 Å². The quantitative estimate of drug-likeness (QED) is 0.642. The van der Waals surface area contributed by atoms with Crippen molar-refractivity contribution < 1.29 is 0 Å². The lowest BCUT2D eigenvalue weighted by atomic mass is 10.1. The van der Waals surface area contributed by atoms with E-state index < -0.39 is 0 Å². The highest BCUT2D eigenvalue weighted by atomic mass is 14.7. The zero-order chi connectivity index (χ0) is 9.56. The van der Waals surface area contributed by atoms with Gasteiger partial charge in [-0.1, -0.05) is 13.0 Å².